The van der Waals surface area contributed by atoms with Gasteiger partial charge in [-0.25, -0.2) is 4.52 Å². The topological polar surface area (TPSA) is 155 Å². The Labute approximate surface area is 220 Å². The number of aliphatic hydroxyl groups is 1. The van der Waals surface area contributed by atoms with Crippen molar-refractivity contribution in [3.63, 3.8) is 0 Å². The maximum atomic E-state index is 12.6. The van der Waals surface area contributed by atoms with E-state index in [4.69, 9.17) is 5.73 Å². The maximum absolute atomic E-state index is 12.6. The Morgan fingerprint density at radius 1 is 1.16 bits per heavy atom. The first-order chi connectivity index (χ1) is 18.0. The molecule has 11 heteroatoms. The molecule has 4 heterocycles. The van der Waals surface area contributed by atoms with E-state index in [9.17, 15) is 19.5 Å². The first-order valence-electron chi connectivity index (χ1n) is 12.8. The zero-order valence-electron chi connectivity index (χ0n) is 21.9. The smallest absolute Gasteiger partial charge is 0.269 e. The van der Waals surface area contributed by atoms with Crippen LogP contribution in [-0.2, 0) is 4.79 Å². The number of nitrogens with one attached hydrogen (secondary N) is 2. The van der Waals surface area contributed by atoms with E-state index < -0.39 is 11.5 Å². The fourth-order valence-corrected chi connectivity index (χ4v) is 5.89. The van der Waals surface area contributed by atoms with Crippen molar-refractivity contribution in [1.82, 2.24) is 24.8 Å². The third-order valence-electron chi connectivity index (χ3n) is 7.96. The van der Waals surface area contributed by atoms with Crippen molar-refractivity contribution >= 4 is 28.9 Å². The molecule has 0 unspecified atom stereocenters. The standard InChI is InChI=1S/C27H33N7O4/c1-14-19-13-33(26(37)27(2,3)38)11-17(19)7-21(14)32-23-18(24(28)35)10-31-34-12-16(8-22(23)34)15-5-6-20(30-9-15)25(36)29-4/h5-6,8-10,12,14,17,19,21,32,38H,7,11,13H2,1-4H3,(H2,28,35)(H,29,36)/t14-,17+,19-,21+/m0/s1. The minimum absolute atomic E-state index is 0.0699. The number of nitrogens with two attached hydrogens (primary N) is 1. The lowest BCUT2D eigenvalue weighted by atomic mass is 9.93. The molecule has 1 saturated carbocycles. The van der Waals surface area contributed by atoms with Crippen LogP contribution in [0.1, 0.15) is 48.0 Å². The van der Waals surface area contributed by atoms with Gasteiger partial charge in [-0.3, -0.25) is 19.4 Å². The Kier molecular flexibility index (Phi) is 6.34. The quantitative estimate of drug-likeness (QED) is 0.385. The van der Waals surface area contributed by atoms with Crippen LogP contribution in [0.2, 0.25) is 0 Å². The van der Waals surface area contributed by atoms with Crippen molar-refractivity contribution in [2.45, 2.75) is 38.8 Å². The van der Waals surface area contributed by atoms with E-state index in [0.717, 1.165) is 17.5 Å². The number of rotatable bonds is 6. The minimum atomic E-state index is -1.39. The van der Waals surface area contributed by atoms with Gasteiger partial charge >= 0.3 is 0 Å². The van der Waals surface area contributed by atoms with Crippen LogP contribution in [0.4, 0.5) is 5.69 Å². The second kappa shape index (κ2) is 9.39. The van der Waals surface area contributed by atoms with E-state index in [1.165, 1.54) is 20.0 Å². The van der Waals surface area contributed by atoms with Crippen LogP contribution < -0.4 is 16.4 Å². The zero-order chi connectivity index (χ0) is 27.4. The van der Waals surface area contributed by atoms with E-state index in [1.807, 2.05) is 18.3 Å². The van der Waals surface area contributed by atoms with Gasteiger partial charge in [0.25, 0.3) is 17.7 Å². The molecule has 3 aromatic heterocycles. The van der Waals surface area contributed by atoms with E-state index in [0.29, 0.717) is 47.4 Å². The average molecular weight is 520 g/mol. The first kappa shape index (κ1) is 25.7. The van der Waals surface area contributed by atoms with Crippen LogP contribution in [0, 0.1) is 17.8 Å². The maximum Gasteiger partial charge on any atom is 0.269 e. The normalized spacial score (nSPS) is 22.9. The molecule has 1 aliphatic carbocycles. The number of carbonyl (C=O) groups is 3. The predicted molar refractivity (Wildman–Crippen MR) is 141 cm³/mol. The van der Waals surface area contributed by atoms with Gasteiger partial charge in [0.1, 0.15) is 11.3 Å². The van der Waals surface area contributed by atoms with Crippen molar-refractivity contribution in [1.29, 1.82) is 0 Å². The summed E-state index contributed by atoms with van der Waals surface area (Å²) in [6.45, 7) is 6.42. The molecular weight excluding hydrogens is 486 g/mol. The largest absolute Gasteiger partial charge is 0.381 e. The number of fused-ring (bicyclic) bond motifs is 2. The fraction of sp³-hybridized carbons (Fsp3) is 0.444. The summed E-state index contributed by atoms with van der Waals surface area (Å²) in [4.78, 5) is 42.8. The molecule has 0 bridgehead atoms. The predicted octanol–water partition coefficient (Wildman–Crippen LogP) is 1.52. The summed E-state index contributed by atoms with van der Waals surface area (Å²) >= 11 is 0. The monoisotopic (exact) mass is 519 g/mol. The Balaban J connectivity index is 1.42. The van der Waals surface area contributed by atoms with Gasteiger partial charge in [0, 0.05) is 49.7 Å². The molecule has 1 saturated heterocycles. The average Bonchev–Trinajstić information content (AvgIpc) is 3.57. The van der Waals surface area contributed by atoms with E-state index >= 15 is 0 Å². The molecule has 0 radical (unpaired) electrons. The number of primary amides is 1. The van der Waals surface area contributed by atoms with Crippen molar-refractivity contribution in [2.24, 2.45) is 23.5 Å². The highest BCUT2D eigenvalue weighted by Gasteiger charge is 2.48. The van der Waals surface area contributed by atoms with Crippen LogP contribution in [-0.4, -0.2) is 74.1 Å². The summed E-state index contributed by atoms with van der Waals surface area (Å²) in [7, 11) is 1.55. The molecule has 38 heavy (non-hydrogen) atoms. The second-order valence-electron chi connectivity index (χ2n) is 10.9. The summed E-state index contributed by atoms with van der Waals surface area (Å²) < 4.78 is 1.70. The number of nitrogens with zero attached hydrogens (tertiary/aromatic N) is 4. The van der Waals surface area contributed by atoms with Crippen LogP contribution in [0.25, 0.3) is 16.6 Å². The van der Waals surface area contributed by atoms with Crippen molar-refractivity contribution in [2.75, 3.05) is 25.5 Å². The number of amides is 3. The highest BCUT2D eigenvalue weighted by atomic mass is 16.3. The van der Waals surface area contributed by atoms with Gasteiger partial charge in [-0.05, 0) is 50.2 Å². The van der Waals surface area contributed by atoms with Crippen LogP contribution >= 0.6 is 0 Å². The van der Waals surface area contributed by atoms with Gasteiger partial charge < -0.3 is 26.4 Å². The molecule has 200 valence electrons. The van der Waals surface area contributed by atoms with Crippen molar-refractivity contribution in [3.05, 3.63) is 48.0 Å². The first-order valence-corrected chi connectivity index (χ1v) is 12.8. The third kappa shape index (κ3) is 4.47. The van der Waals surface area contributed by atoms with E-state index in [2.05, 4.69) is 27.6 Å². The van der Waals surface area contributed by atoms with Crippen LogP contribution in [0.5, 0.6) is 0 Å². The summed E-state index contributed by atoms with van der Waals surface area (Å²) in [5.41, 5.74) is 7.92. The summed E-state index contributed by atoms with van der Waals surface area (Å²) in [5, 5.41) is 20.7. The molecular formula is C27H33N7O4. The van der Waals surface area contributed by atoms with Crippen molar-refractivity contribution < 1.29 is 19.5 Å². The molecule has 3 amide bonds. The van der Waals surface area contributed by atoms with Gasteiger partial charge in [-0.15, -0.1) is 0 Å². The Bertz CT molecular complexity index is 1410. The van der Waals surface area contributed by atoms with Crippen LogP contribution in [0.15, 0.2) is 36.8 Å². The van der Waals surface area contributed by atoms with Crippen LogP contribution in [0.3, 0.4) is 0 Å². The molecule has 2 fully saturated rings. The highest BCUT2D eigenvalue weighted by molar-refractivity contribution is 6.02. The Morgan fingerprint density at radius 3 is 2.53 bits per heavy atom. The Morgan fingerprint density at radius 2 is 1.92 bits per heavy atom. The molecule has 5 rings (SSSR count). The third-order valence-corrected chi connectivity index (χ3v) is 7.96. The Hall–Kier alpha value is -3.99. The van der Waals surface area contributed by atoms with Gasteiger partial charge in [-0.2, -0.15) is 5.10 Å². The lowest BCUT2D eigenvalue weighted by molar-refractivity contribution is -0.147. The number of aromatic nitrogens is 3. The van der Waals surface area contributed by atoms with Gasteiger partial charge in [-0.1, -0.05) is 13.0 Å². The lowest BCUT2D eigenvalue weighted by Gasteiger charge is -2.28. The fourth-order valence-electron chi connectivity index (χ4n) is 5.89. The zero-order valence-corrected chi connectivity index (χ0v) is 21.9. The molecule has 2 aliphatic rings. The molecule has 11 nitrogen and oxygen atoms in total. The van der Waals surface area contributed by atoms with Gasteiger partial charge in [0.05, 0.1) is 23.0 Å². The second-order valence-corrected chi connectivity index (χ2v) is 10.9. The lowest BCUT2D eigenvalue weighted by Crippen LogP contribution is -2.45. The van der Waals surface area contributed by atoms with E-state index in [-0.39, 0.29) is 23.8 Å². The number of carbonyl (C=O) groups excluding carboxylic acids is 3. The summed E-state index contributed by atoms with van der Waals surface area (Å²) in [6.07, 6.45) is 5.77. The molecule has 0 aromatic carbocycles. The molecule has 5 N–H and O–H groups in total. The molecule has 0 spiro atoms. The SMILES string of the molecule is CNC(=O)c1ccc(-c2cc3c(N[C@@H]4C[C@@H]5CN(C(=O)C(C)(C)O)C[C@H]5[C@@H]4C)c(C(N)=O)cnn3c2)cn1. The van der Waals surface area contributed by atoms with Gasteiger partial charge in [0.2, 0.25) is 0 Å². The number of hydrogen-bond acceptors (Lipinski definition) is 7. The number of anilines is 1. The molecule has 4 atom stereocenters. The minimum Gasteiger partial charge on any atom is -0.381 e. The van der Waals surface area contributed by atoms with Gasteiger partial charge in [0.15, 0.2) is 0 Å². The number of likely N-dealkylation sites (tertiary alicyclic amines) is 1. The van der Waals surface area contributed by atoms with E-state index in [1.54, 1.807) is 28.7 Å². The number of hydrogen-bond donors (Lipinski definition) is 4. The summed E-state index contributed by atoms with van der Waals surface area (Å²) in [5.74, 6) is -0.258. The highest BCUT2D eigenvalue weighted by Crippen LogP contribution is 2.44. The molecule has 1 aliphatic heterocycles. The summed E-state index contributed by atoms with van der Waals surface area (Å²) in [6, 6.07) is 5.46. The van der Waals surface area contributed by atoms with Crippen molar-refractivity contribution in [3.8, 4) is 11.1 Å². The number of pyridine rings is 1. The molecule has 3 aromatic rings.